The summed E-state index contributed by atoms with van der Waals surface area (Å²) in [6.07, 6.45) is 3.29. The van der Waals surface area contributed by atoms with Crippen LogP contribution in [0.3, 0.4) is 0 Å². The van der Waals surface area contributed by atoms with Crippen LogP contribution in [0.4, 0.5) is 4.39 Å². The molecule has 3 rings (SSSR count). The van der Waals surface area contributed by atoms with Crippen LogP contribution in [0.1, 0.15) is 16.4 Å². The summed E-state index contributed by atoms with van der Waals surface area (Å²) in [7, 11) is -3.57. The zero-order valence-electron chi connectivity index (χ0n) is 12.5. The topological polar surface area (TPSA) is 75.7 Å². The Morgan fingerprint density at radius 3 is 2.70 bits per heavy atom. The third kappa shape index (κ3) is 3.32. The number of hydrogen-bond acceptors (Lipinski definition) is 5. The summed E-state index contributed by atoms with van der Waals surface area (Å²) in [5, 5.41) is 7.66. The van der Waals surface area contributed by atoms with E-state index in [9.17, 15) is 12.8 Å². The van der Waals surface area contributed by atoms with Crippen molar-refractivity contribution in [1.29, 1.82) is 0 Å². The van der Waals surface area contributed by atoms with Gasteiger partial charge >= 0.3 is 0 Å². The van der Waals surface area contributed by atoms with Gasteiger partial charge < -0.3 is 0 Å². The highest BCUT2D eigenvalue weighted by Gasteiger charge is 2.17. The first kappa shape index (κ1) is 15.8. The van der Waals surface area contributed by atoms with Crippen LogP contribution in [0.2, 0.25) is 0 Å². The number of nitrogens with one attached hydrogen (secondary N) is 1. The minimum Gasteiger partial charge on any atom is -0.282 e. The summed E-state index contributed by atoms with van der Waals surface area (Å²) >= 11 is 1.46. The van der Waals surface area contributed by atoms with Gasteiger partial charge in [-0.05, 0) is 30.7 Å². The Hall–Kier alpha value is -2.06. The fourth-order valence-corrected chi connectivity index (χ4v) is 4.10. The van der Waals surface area contributed by atoms with Crippen molar-refractivity contribution in [2.75, 3.05) is 6.26 Å². The molecule has 0 aliphatic heterocycles. The van der Waals surface area contributed by atoms with Crippen molar-refractivity contribution in [1.82, 2.24) is 15.2 Å². The van der Waals surface area contributed by atoms with Crippen LogP contribution >= 0.6 is 11.3 Å². The number of nitrogens with zero attached hydrogens (tertiary/aromatic N) is 2. The minimum absolute atomic E-state index is 0.291. The molecule has 2 heterocycles. The van der Waals surface area contributed by atoms with Crippen molar-refractivity contribution >= 4 is 21.2 Å². The first-order valence-corrected chi connectivity index (χ1v) is 9.50. The molecular weight excluding hydrogens is 337 g/mol. The van der Waals surface area contributed by atoms with Crippen LogP contribution < -0.4 is 0 Å². The Balaban J connectivity index is 1.96. The van der Waals surface area contributed by atoms with Crippen molar-refractivity contribution in [2.24, 2.45) is 0 Å². The van der Waals surface area contributed by atoms with Gasteiger partial charge in [0.25, 0.3) is 0 Å². The molecule has 1 N–H and O–H groups in total. The maximum Gasteiger partial charge on any atom is 0.178 e. The highest BCUT2D eigenvalue weighted by Crippen LogP contribution is 2.32. The summed E-state index contributed by atoms with van der Waals surface area (Å²) in [5.74, 6) is -0.743. The summed E-state index contributed by atoms with van der Waals surface area (Å²) in [5.41, 5.74) is 2.36. The predicted octanol–water partition coefficient (Wildman–Crippen LogP) is 2.98. The summed E-state index contributed by atoms with van der Waals surface area (Å²) < 4.78 is 37.0. The maximum atomic E-state index is 14.1. The van der Waals surface area contributed by atoms with Crippen LogP contribution in [-0.2, 0) is 16.3 Å². The molecular formula is C15H14FN3O2S2. The van der Waals surface area contributed by atoms with Crippen LogP contribution in [0.25, 0.3) is 10.4 Å². The van der Waals surface area contributed by atoms with E-state index in [-0.39, 0.29) is 4.90 Å². The van der Waals surface area contributed by atoms with Gasteiger partial charge in [-0.2, -0.15) is 5.10 Å². The summed E-state index contributed by atoms with van der Waals surface area (Å²) in [4.78, 5) is 5.03. The number of H-pyrrole nitrogens is 1. The van der Waals surface area contributed by atoms with Gasteiger partial charge in [0.05, 0.1) is 15.6 Å². The van der Waals surface area contributed by atoms with E-state index in [0.717, 1.165) is 27.5 Å². The highest BCUT2D eigenvalue weighted by atomic mass is 32.2. The zero-order valence-corrected chi connectivity index (χ0v) is 14.1. The number of rotatable bonds is 4. The average molecular weight is 351 g/mol. The van der Waals surface area contributed by atoms with Crippen molar-refractivity contribution < 1.29 is 12.8 Å². The van der Waals surface area contributed by atoms with Gasteiger partial charge in [0, 0.05) is 24.6 Å². The number of thiazole rings is 1. The van der Waals surface area contributed by atoms with E-state index in [1.807, 2.05) is 13.0 Å². The van der Waals surface area contributed by atoms with Gasteiger partial charge in [-0.15, -0.1) is 11.3 Å². The Bertz CT molecular complexity index is 947. The Morgan fingerprint density at radius 1 is 1.30 bits per heavy atom. The standard InChI is InChI=1S/C15H14FN3O2S2/c1-9-15(22-14(18-9)8-11-5-6-17-19-11)10-3-4-13(12(16)7-10)23(2,20)21/h3-7H,8H2,1-2H3,(H,17,19). The molecule has 120 valence electrons. The Labute approximate surface area is 137 Å². The first-order chi connectivity index (χ1) is 10.8. The molecule has 0 saturated carbocycles. The molecule has 0 unspecified atom stereocenters. The van der Waals surface area contributed by atoms with E-state index in [1.165, 1.54) is 23.5 Å². The predicted molar refractivity (Wildman–Crippen MR) is 86.7 cm³/mol. The lowest BCUT2D eigenvalue weighted by Crippen LogP contribution is -2.00. The smallest absolute Gasteiger partial charge is 0.178 e. The number of aromatic amines is 1. The lowest BCUT2D eigenvalue weighted by molar-refractivity contribution is 0.571. The van der Waals surface area contributed by atoms with Gasteiger partial charge in [-0.25, -0.2) is 17.8 Å². The normalized spacial score (nSPS) is 11.8. The molecule has 1 aromatic carbocycles. The Morgan fingerprint density at radius 2 is 2.09 bits per heavy atom. The van der Waals surface area contributed by atoms with Crippen LogP contribution in [-0.4, -0.2) is 29.9 Å². The molecule has 0 aliphatic rings. The molecule has 0 aliphatic carbocycles. The third-order valence-electron chi connectivity index (χ3n) is 3.33. The fourth-order valence-electron chi connectivity index (χ4n) is 2.28. The van der Waals surface area contributed by atoms with E-state index in [0.29, 0.717) is 12.0 Å². The molecule has 3 aromatic rings. The summed E-state index contributed by atoms with van der Waals surface area (Å²) in [6.45, 7) is 1.85. The number of halogens is 1. The number of benzene rings is 1. The maximum absolute atomic E-state index is 14.1. The molecule has 0 atom stereocenters. The molecule has 0 amide bonds. The molecule has 0 radical (unpaired) electrons. The lowest BCUT2D eigenvalue weighted by Gasteiger charge is -2.03. The number of aromatic nitrogens is 3. The van der Waals surface area contributed by atoms with Crippen molar-refractivity contribution in [3.8, 4) is 10.4 Å². The fraction of sp³-hybridized carbons (Fsp3) is 0.200. The monoisotopic (exact) mass is 351 g/mol. The minimum atomic E-state index is -3.57. The number of aryl methyl sites for hydroxylation is 1. The van der Waals surface area contributed by atoms with Crippen LogP contribution in [0.15, 0.2) is 35.4 Å². The second-order valence-corrected chi connectivity index (χ2v) is 8.27. The largest absolute Gasteiger partial charge is 0.282 e. The first-order valence-electron chi connectivity index (χ1n) is 6.79. The number of sulfone groups is 1. The third-order valence-corrected chi connectivity index (χ3v) is 5.67. The molecule has 0 fully saturated rings. The molecule has 23 heavy (non-hydrogen) atoms. The zero-order chi connectivity index (χ0) is 16.6. The van der Waals surface area contributed by atoms with E-state index in [4.69, 9.17) is 0 Å². The van der Waals surface area contributed by atoms with E-state index in [1.54, 1.807) is 12.3 Å². The molecule has 8 heteroatoms. The quantitative estimate of drug-likeness (QED) is 0.784. The van der Waals surface area contributed by atoms with E-state index >= 15 is 0 Å². The summed E-state index contributed by atoms with van der Waals surface area (Å²) in [6, 6.07) is 6.03. The van der Waals surface area contributed by atoms with Gasteiger partial charge in [-0.3, -0.25) is 5.10 Å². The Kier molecular flexibility index (Phi) is 4.03. The molecule has 2 aromatic heterocycles. The second-order valence-electron chi connectivity index (χ2n) is 5.20. The van der Waals surface area contributed by atoms with Crippen LogP contribution in [0, 0.1) is 12.7 Å². The molecule has 0 bridgehead atoms. The SMILES string of the molecule is Cc1nc(Cc2ccn[nH]2)sc1-c1ccc(S(C)(=O)=O)c(F)c1. The average Bonchev–Trinajstić information content (AvgIpc) is 3.07. The van der Waals surface area contributed by atoms with E-state index < -0.39 is 15.7 Å². The number of hydrogen-bond donors (Lipinski definition) is 1. The van der Waals surface area contributed by atoms with Gasteiger partial charge in [0.1, 0.15) is 10.7 Å². The van der Waals surface area contributed by atoms with Gasteiger partial charge in [0.15, 0.2) is 9.84 Å². The molecule has 0 saturated heterocycles. The second kappa shape index (κ2) is 5.86. The van der Waals surface area contributed by atoms with Gasteiger partial charge in [0.2, 0.25) is 0 Å². The van der Waals surface area contributed by atoms with Gasteiger partial charge in [-0.1, -0.05) is 6.07 Å². The van der Waals surface area contributed by atoms with Crippen molar-refractivity contribution in [3.05, 3.63) is 52.7 Å². The van der Waals surface area contributed by atoms with E-state index in [2.05, 4.69) is 15.2 Å². The van der Waals surface area contributed by atoms with Crippen molar-refractivity contribution in [3.63, 3.8) is 0 Å². The van der Waals surface area contributed by atoms with Crippen LogP contribution in [0.5, 0.6) is 0 Å². The highest BCUT2D eigenvalue weighted by molar-refractivity contribution is 7.90. The molecule has 5 nitrogen and oxygen atoms in total. The molecule has 0 spiro atoms. The van der Waals surface area contributed by atoms with Crippen molar-refractivity contribution in [2.45, 2.75) is 18.2 Å². The lowest BCUT2D eigenvalue weighted by atomic mass is 10.1.